The number of carbonyl (C=O) groups is 3. The maximum Gasteiger partial charge on any atom is 0.348 e. The molecule has 3 aromatic carbocycles. The van der Waals surface area contributed by atoms with E-state index in [0.29, 0.717) is 16.7 Å². The van der Waals surface area contributed by atoms with Crippen molar-refractivity contribution >= 4 is 23.5 Å². The maximum absolute atomic E-state index is 12.8. The van der Waals surface area contributed by atoms with E-state index < -0.39 is 17.8 Å². The van der Waals surface area contributed by atoms with E-state index in [4.69, 9.17) is 9.47 Å². The van der Waals surface area contributed by atoms with E-state index in [1.54, 1.807) is 55.5 Å². The van der Waals surface area contributed by atoms with E-state index in [-0.39, 0.29) is 17.0 Å². The summed E-state index contributed by atoms with van der Waals surface area (Å²) in [5, 5.41) is 2.72. The summed E-state index contributed by atoms with van der Waals surface area (Å²) in [6.45, 7) is 3.56. The molecule has 0 unspecified atom stereocenters. The first-order valence-corrected chi connectivity index (χ1v) is 9.28. The highest BCUT2D eigenvalue weighted by molar-refractivity contribution is 6.12. The van der Waals surface area contributed by atoms with E-state index >= 15 is 0 Å². The van der Waals surface area contributed by atoms with Crippen LogP contribution < -0.4 is 10.1 Å². The molecule has 0 aliphatic heterocycles. The second-order valence-corrected chi connectivity index (χ2v) is 6.64. The molecule has 0 atom stereocenters. The molecule has 1 N–H and O–H groups in total. The molecule has 6 heteroatoms. The average molecular weight is 403 g/mol. The van der Waals surface area contributed by atoms with Crippen molar-refractivity contribution in [1.29, 1.82) is 0 Å². The summed E-state index contributed by atoms with van der Waals surface area (Å²) in [6, 6.07) is 18.5. The minimum absolute atomic E-state index is 0.0122. The lowest BCUT2D eigenvalue weighted by Gasteiger charge is -2.15. The van der Waals surface area contributed by atoms with Crippen molar-refractivity contribution in [1.82, 2.24) is 0 Å². The molecule has 0 radical (unpaired) electrons. The normalized spacial score (nSPS) is 10.2. The summed E-state index contributed by atoms with van der Waals surface area (Å²) in [5.41, 5.74) is 2.37. The van der Waals surface area contributed by atoms with Crippen LogP contribution in [0, 0.1) is 13.8 Å². The zero-order chi connectivity index (χ0) is 21.7. The Kier molecular flexibility index (Phi) is 6.27. The summed E-state index contributed by atoms with van der Waals surface area (Å²) < 4.78 is 10.4. The number of amides is 1. The third-order valence-corrected chi connectivity index (χ3v) is 4.64. The smallest absolute Gasteiger partial charge is 0.348 e. The molecule has 0 saturated carbocycles. The molecule has 30 heavy (non-hydrogen) atoms. The highest BCUT2D eigenvalue weighted by Crippen LogP contribution is 2.30. The first-order chi connectivity index (χ1) is 14.4. The molecule has 0 aliphatic carbocycles. The number of esters is 2. The van der Waals surface area contributed by atoms with Crippen LogP contribution in [0.1, 0.15) is 42.2 Å². The molecular weight excluding hydrogens is 382 g/mol. The lowest BCUT2D eigenvalue weighted by atomic mass is 10.1. The molecule has 152 valence electrons. The molecule has 3 aromatic rings. The standard InChI is InChI=1S/C24H21NO5/c1-15-9-4-6-11-17(15)22(26)25-21-19(13-8-14-20(21)29-3)24(28)30-23(27)18-12-7-5-10-16(18)2/h4-14H,1-3H3,(H,25,26). The third kappa shape index (κ3) is 4.38. The van der Waals surface area contributed by atoms with Crippen molar-refractivity contribution in [2.45, 2.75) is 13.8 Å². The van der Waals surface area contributed by atoms with Crippen molar-refractivity contribution < 1.29 is 23.9 Å². The zero-order valence-electron chi connectivity index (χ0n) is 16.9. The minimum Gasteiger partial charge on any atom is -0.495 e. The zero-order valence-corrected chi connectivity index (χ0v) is 16.9. The Morgan fingerprint density at radius 1 is 0.700 bits per heavy atom. The van der Waals surface area contributed by atoms with Gasteiger partial charge in [-0.3, -0.25) is 4.79 Å². The van der Waals surface area contributed by atoms with Gasteiger partial charge < -0.3 is 14.8 Å². The van der Waals surface area contributed by atoms with Crippen LogP contribution >= 0.6 is 0 Å². The Bertz CT molecular complexity index is 1120. The fourth-order valence-corrected chi connectivity index (χ4v) is 3.00. The Balaban J connectivity index is 1.91. The topological polar surface area (TPSA) is 81.7 Å². The van der Waals surface area contributed by atoms with Crippen LogP contribution in [0.4, 0.5) is 5.69 Å². The fourth-order valence-electron chi connectivity index (χ4n) is 3.00. The third-order valence-electron chi connectivity index (χ3n) is 4.64. The lowest BCUT2D eigenvalue weighted by molar-refractivity contribution is 0.0398. The number of para-hydroxylation sites is 1. The molecule has 6 nitrogen and oxygen atoms in total. The number of hydrogen-bond acceptors (Lipinski definition) is 5. The van der Waals surface area contributed by atoms with Crippen molar-refractivity contribution in [3.05, 3.63) is 94.5 Å². The SMILES string of the molecule is COc1cccc(C(=O)OC(=O)c2ccccc2C)c1NC(=O)c1ccccc1C. The highest BCUT2D eigenvalue weighted by atomic mass is 16.6. The number of benzene rings is 3. The Labute approximate surface area is 174 Å². The summed E-state index contributed by atoms with van der Waals surface area (Å²) in [5.74, 6) is -1.79. The van der Waals surface area contributed by atoms with Gasteiger partial charge in [-0.05, 0) is 49.2 Å². The Morgan fingerprint density at radius 3 is 1.83 bits per heavy atom. The molecule has 0 aliphatic rings. The fraction of sp³-hybridized carbons (Fsp3) is 0.125. The van der Waals surface area contributed by atoms with Crippen molar-refractivity contribution in [2.24, 2.45) is 0 Å². The second kappa shape index (κ2) is 9.05. The van der Waals surface area contributed by atoms with Crippen molar-refractivity contribution in [3.63, 3.8) is 0 Å². The summed E-state index contributed by atoms with van der Waals surface area (Å²) in [7, 11) is 1.42. The van der Waals surface area contributed by atoms with Gasteiger partial charge in [0, 0.05) is 5.56 Å². The molecule has 0 bridgehead atoms. The largest absolute Gasteiger partial charge is 0.495 e. The van der Waals surface area contributed by atoms with Crippen molar-refractivity contribution in [2.75, 3.05) is 12.4 Å². The van der Waals surface area contributed by atoms with Crippen LogP contribution in [0.25, 0.3) is 0 Å². The van der Waals surface area contributed by atoms with Crippen molar-refractivity contribution in [3.8, 4) is 5.75 Å². The van der Waals surface area contributed by atoms with Gasteiger partial charge in [-0.25, -0.2) is 9.59 Å². The predicted octanol–water partition coefficient (Wildman–Crippen LogP) is 4.56. The number of ether oxygens (including phenoxy) is 2. The minimum atomic E-state index is -0.887. The lowest BCUT2D eigenvalue weighted by Crippen LogP contribution is -2.19. The Hall–Kier alpha value is -3.93. The van der Waals surface area contributed by atoms with Gasteiger partial charge in [-0.1, -0.05) is 42.5 Å². The summed E-state index contributed by atoms with van der Waals surface area (Å²) in [4.78, 5) is 38.0. The maximum atomic E-state index is 12.8. The van der Waals surface area contributed by atoms with Gasteiger partial charge in [0.2, 0.25) is 0 Å². The first-order valence-electron chi connectivity index (χ1n) is 9.28. The van der Waals surface area contributed by atoms with Crippen LogP contribution in [0.15, 0.2) is 66.7 Å². The number of carbonyl (C=O) groups excluding carboxylic acids is 3. The average Bonchev–Trinajstić information content (AvgIpc) is 2.74. The number of nitrogens with one attached hydrogen (secondary N) is 1. The highest BCUT2D eigenvalue weighted by Gasteiger charge is 2.23. The number of aryl methyl sites for hydroxylation is 2. The molecule has 0 spiro atoms. The van der Waals surface area contributed by atoms with Crippen LogP contribution in [-0.4, -0.2) is 25.0 Å². The van der Waals surface area contributed by atoms with Gasteiger partial charge in [0.25, 0.3) is 5.91 Å². The van der Waals surface area contributed by atoms with E-state index in [2.05, 4.69) is 5.32 Å². The number of hydrogen-bond donors (Lipinski definition) is 1. The molecular formula is C24H21NO5. The van der Waals surface area contributed by atoms with Gasteiger partial charge in [0.1, 0.15) is 5.75 Å². The van der Waals surface area contributed by atoms with Crippen LogP contribution in [-0.2, 0) is 4.74 Å². The summed E-state index contributed by atoms with van der Waals surface area (Å²) in [6.07, 6.45) is 0. The number of anilines is 1. The predicted molar refractivity (Wildman–Crippen MR) is 113 cm³/mol. The van der Waals surface area contributed by atoms with E-state index in [1.807, 2.05) is 19.1 Å². The number of rotatable bonds is 5. The molecule has 0 saturated heterocycles. The second-order valence-electron chi connectivity index (χ2n) is 6.64. The van der Waals surface area contributed by atoms with Crippen LogP contribution in [0.3, 0.4) is 0 Å². The first kappa shape index (κ1) is 20.8. The summed E-state index contributed by atoms with van der Waals surface area (Å²) >= 11 is 0. The van der Waals surface area contributed by atoms with Gasteiger partial charge in [-0.15, -0.1) is 0 Å². The molecule has 0 fully saturated rings. The Morgan fingerprint density at radius 2 is 1.23 bits per heavy atom. The van der Waals surface area contributed by atoms with Crippen LogP contribution in [0.2, 0.25) is 0 Å². The number of methoxy groups -OCH3 is 1. The van der Waals surface area contributed by atoms with Gasteiger partial charge in [0.15, 0.2) is 0 Å². The van der Waals surface area contributed by atoms with E-state index in [1.165, 1.54) is 13.2 Å². The van der Waals surface area contributed by atoms with Gasteiger partial charge >= 0.3 is 11.9 Å². The molecule has 0 heterocycles. The molecule has 3 rings (SSSR count). The van der Waals surface area contributed by atoms with E-state index in [9.17, 15) is 14.4 Å². The quantitative estimate of drug-likeness (QED) is 0.499. The molecule has 0 aromatic heterocycles. The monoisotopic (exact) mass is 403 g/mol. The van der Waals surface area contributed by atoms with Gasteiger partial charge in [0.05, 0.1) is 23.9 Å². The van der Waals surface area contributed by atoms with Crippen LogP contribution in [0.5, 0.6) is 5.75 Å². The molecule has 1 amide bonds. The van der Waals surface area contributed by atoms with Gasteiger partial charge in [-0.2, -0.15) is 0 Å². The van der Waals surface area contributed by atoms with E-state index in [0.717, 1.165) is 5.56 Å².